The highest BCUT2D eigenvalue weighted by atomic mass is 32.1. The first-order chi connectivity index (χ1) is 5.66. The Bertz CT molecular complexity index is 272. The van der Waals surface area contributed by atoms with Crippen LogP contribution in [0.15, 0.2) is 0 Å². The molecule has 12 heavy (non-hydrogen) atoms. The highest BCUT2D eigenvalue weighted by Crippen LogP contribution is 2.28. The van der Waals surface area contributed by atoms with Crippen LogP contribution in [0.4, 0.5) is 5.13 Å². The number of aliphatic hydroxyl groups excluding tert-OH is 1. The maximum atomic E-state index is 9.09. The Morgan fingerprint density at radius 1 is 1.50 bits per heavy atom. The number of β-amino-alcohol motifs (C(OH)–C–C–N with tert-alkyl or cyclic N) is 1. The van der Waals surface area contributed by atoms with Gasteiger partial charge in [-0.15, -0.1) is 11.3 Å². The molecule has 1 N–H and O–H groups in total. The van der Waals surface area contributed by atoms with Crippen molar-refractivity contribution in [3.05, 3.63) is 10.6 Å². The van der Waals surface area contributed by atoms with E-state index in [4.69, 9.17) is 5.11 Å². The fraction of sp³-hybridized carbons (Fsp3) is 0.625. The molecular formula is C8H12N2OS. The van der Waals surface area contributed by atoms with Gasteiger partial charge in [0.25, 0.3) is 0 Å². The zero-order chi connectivity index (χ0) is 8.72. The largest absolute Gasteiger partial charge is 0.389 e. The van der Waals surface area contributed by atoms with E-state index in [-0.39, 0.29) is 6.10 Å². The number of rotatable bonds is 1. The number of nitrogens with zero attached hydrogens (tertiary/aromatic N) is 2. The zero-order valence-corrected chi connectivity index (χ0v) is 8.06. The third-order valence-electron chi connectivity index (χ3n) is 2.15. The lowest BCUT2D eigenvalue weighted by atomic mass is 10.2. The van der Waals surface area contributed by atoms with Gasteiger partial charge in [-0.25, -0.2) is 4.98 Å². The van der Waals surface area contributed by atoms with E-state index in [1.807, 2.05) is 6.92 Å². The summed E-state index contributed by atoms with van der Waals surface area (Å²) in [5.74, 6) is 0. The van der Waals surface area contributed by atoms with Gasteiger partial charge in [-0.2, -0.15) is 0 Å². The van der Waals surface area contributed by atoms with Gasteiger partial charge in [0.15, 0.2) is 5.13 Å². The van der Waals surface area contributed by atoms with Gasteiger partial charge >= 0.3 is 0 Å². The quantitative estimate of drug-likeness (QED) is 0.705. The van der Waals surface area contributed by atoms with Crippen LogP contribution in [-0.2, 0) is 0 Å². The molecule has 1 fully saturated rings. The number of thiazole rings is 1. The van der Waals surface area contributed by atoms with Crippen LogP contribution in [0.2, 0.25) is 0 Å². The number of hydrogen-bond acceptors (Lipinski definition) is 4. The standard InChI is InChI=1S/C8H12N2OS/c1-5-6(2)12-8(9-5)10-3-7(11)4-10/h7,11H,3-4H2,1-2H3. The third-order valence-corrected chi connectivity index (χ3v) is 3.28. The fourth-order valence-electron chi connectivity index (χ4n) is 1.20. The maximum Gasteiger partial charge on any atom is 0.185 e. The van der Waals surface area contributed by atoms with Gasteiger partial charge in [-0.3, -0.25) is 0 Å². The van der Waals surface area contributed by atoms with Crippen molar-refractivity contribution in [3.63, 3.8) is 0 Å². The molecule has 2 heterocycles. The molecule has 2 rings (SSSR count). The van der Waals surface area contributed by atoms with Gasteiger partial charge in [0.05, 0.1) is 11.8 Å². The highest BCUT2D eigenvalue weighted by molar-refractivity contribution is 7.15. The van der Waals surface area contributed by atoms with Crippen LogP contribution in [0.3, 0.4) is 0 Å². The maximum absolute atomic E-state index is 9.09. The van der Waals surface area contributed by atoms with E-state index in [1.54, 1.807) is 11.3 Å². The van der Waals surface area contributed by atoms with E-state index >= 15 is 0 Å². The van der Waals surface area contributed by atoms with Crippen molar-refractivity contribution in [1.29, 1.82) is 0 Å². The van der Waals surface area contributed by atoms with Crippen LogP contribution < -0.4 is 4.90 Å². The molecule has 66 valence electrons. The fourth-order valence-corrected chi connectivity index (χ4v) is 2.13. The second kappa shape index (κ2) is 2.71. The van der Waals surface area contributed by atoms with E-state index in [2.05, 4.69) is 16.8 Å². The molecule has 1 aliphatic rings. The van der Waals surface area contributed by atoms with Crippen LogP contribution in [0.5, 0.6) is 0 Å². The minimum absolute atomic E-state index is 0.144. The lowest BCUT2D eigenvalue weighted by Crippen LogP contribution is -2.50. The first kappa shape index (κ1) is 8.01. The van der Waals surface area contributed by atoms with Crippen LogP contribution in [-0.4, -0.2) is 29.3 Å². The van der Waals surface area contributed by atoms with E-state index < -0.39 is 0 Å². The molecule has 0 bridgehead atoms. The first-order valence-corrected chi connectivity index (χ1v) is 4.85. The summed E-state index contributed by atoms with van der Waals surface area (Å²) in [7, 11) is 0. The Kier molecular flexibility index (Phi) is 1.81. The van der Waals surface area contributed by atoms with Gasteiger partial charge in [-0.1, -0.05) is 0 Å². The molecule has 0 unspecified atom stereocenters. The number of hydrogen-bond donors (Lipinski definition) is 1. The predicted molar refractivity (Wildman–Crippen MR) is 49.8 cm³/mol. The molecule has 1 aromatic rings. The van der Waals surface area contributed by atoms with E-state index in [0.717, 1.165) is 23.9 Å². The van der Waals surface area contributed by atoms with Crippen molar-refractivity contribution < 1.29 is 5.11 Å². The molecule has 0 aromatic carbocycles. The molecule has 0 aliphatic carbocycles. The molecule has 0 radical (unpaired) electrons. The molecule has 0 atom stereocenters. The van der Waals surface area contributed by atoms with Gasteiger partial charge in [0.1, 0.15) is 0 Å². The Balaban J connectivity index is 2.14. The van der Waals surface area contributed by atoms with Crippen molar-refractivity contribution in [2.24, 2.45) is 0 Å². The second-order valence-electron chi connectivity index (χ2n) is 3.20. The summed E-state index contributed by atoms with van der Waals surface area (Å²) in [6.07, 6.45) is -0.144. The molecule has 0 spiro atoms. The van der Waals surface area contributed by atoms with Crippen molar-refractivity contribution in [2.45, 2.75) is 20.0 Å². The zero-order valence-electron chi connectivity index (χ0n) is 7.24. The summed E-state index contributed by atoms with van der Waals surface area (Å²) in [5.41, 5.74) is 1.11. The van der Waals surface area contributed by atoms with Crippen molar-refractivity contribution in [2.75, 3.05) is 18.0 Å². The SMILES string of the molecule is Cc1nc(N2CC(O)C2)sc1C. The van der Waals surface area contributed by atoms with Gasteiger partial charge in [0.2, 0.25) is 0 Å². The lowest BCUT2D eigenvalue weighted by Gasteiger charge is -2.35. The monoisotopic (exact) mass is 184 g/mol. The Labute approximate surface area is 75.7 Å². The van der Waals surface area contributed by atoms with Gasteiger partial charge < -0.3 is 10.0 Å². The summed E-state index contributed by atoms with van der Waals surface area (Å²) in [5, 5.41) is 10.1. The average Bonchev–Trinajstić information content (AvgIpc) is 2.26. The highest BCUT2D eigenvalue weighted by Gasteiger charge is 2.26. The molecule has 3 nitrogen and oxygen atoms in total. The van der Waals surface area contributed by atoms with Gasteiger partial charge in [-0.05, 0) is 13.8 Å². The van der Waals surface area contributed by atoms with Crippen molar-refractivity contribution in [3.8, 4) is 0 Å². The summed E-state index contributed by atoms with van der Waals surface area (Å²) in [4.78, 5) is 7.78. The number of aromatic nitrogens is 1. The Morgan fingerprint density at radius 3 is 2.58 bits per heavy atom. The number of aryl methyl sites for hydroxylation is 2. The van der Waals surface area contributed by atoms with Crippen LogP contribution >= 0.6 is 11.3 Å². The molecule has 0 amide bonds. The van der Waals surface area contributed by atoms with Crippen LogP contribution in [0.1, 0.15) is 10.6 Å². The smallest absolute Gasteiger partial charge is 0.185 e. The first-order valence-electron chi connectivity index (χ1n) is 4.04. The summed E-state index contributed by atoms with van der Waals surface area (Å²) in [6, 6.07) is 0. The van der Waals surface area contributed by atoms with E-state index in [9.17, 15) is 0 Å². The Morgan fingerprint density at radius 2 is 2.17 bits per heavy atom. The van der Waals surface area contributed by atoms with E-state index in [0.29, 0.717) is 0 Å². The molecular weight excluding hydrogens is 172 g/mol. The minimum atomic E-state index is -0.144. The molecule has 4 heteroatoms. The molecule has 1 aliphatic heterocycles. The topological polar surface area (TPSA) is 36.4 Å². The van der Waals surface area contributed by atoms with Gasteiger partial charge in [0, 0.05) is 18.0 Å². The minimum Gasteiger partial charge on any atom is -0.389 e. The number of aliphatic hydroxyl groups is 1. The third kappa shape index (κ3) is 1.21. The number of anilines is 1. The summed E-state index contributed by atoms with van der Waals surface area (Å²) in [6.45, 7) is 5.58. The summed E-state index contributed by atoms with van der Waals surface area (Å²) < 4.78 is 0. The van der Waals surface area contributed by atoms with Crippen LogP contribution in [0, 0.1) is 13.8 Å². The Hall–Kier alpha value is -0.610. The summed E-state index contributed by atoms with van der Waals surface area (Å²) >= 11 is 1.70. The predicted octanol–water partition coefficient (Wildman–Crippen LogP) is 0.941. The molecule has 1 aromatic heterocycles. The van der Waals surface area contributed by atoms with Crippen molar-refractivity contribution >= 4 is 16.5 Å². The van der Waals surface area contributed by atoms with E-state index in [1.165, 1.54) is 4.88 Å². The van der Waals surface area contributed by atoms with Crippen LogP contribution in [0.25, 0.3) is 0 Å². The second-order valence-corrected chi connectivity index (χ2v) is 4.38. The average molecular weight is 184 g/mol. The normalized spacial score (nSPS) is 18.1. The molecule has 0 saturated carbocycles. The molecule has 1 saturated heterocycles. The lowest BCUT2D eigenvalue weighted by molar-refractivity contribution is 0.142. The van der Waals surface area contributed by atoms with Crippen molar-refractivity contribution in [1.82, 2.24) is 4.98 Å².